The van der Waals surface area contributed by atoms with Gasteiger partial charge in [0.15, 0.2) is 0 Å². The molecule has 1 fully saturated rings. The lowest BCUT2D eigenvalue weighted by molar-refractivity contribution is -0.139. The fourth-order valence-corrected chi connectivity index (χ4v) is 4.54. The Kier molecular flexibility index (Phi) is 8.20. The topological polar surface area (TPSA) is 49.9 Å². The number of ether oxygens (including phenoxy) is 1. The predicted molar refractivity (Wildman–Crippen MR) is 121 cm³/mol. The smallest absolute Gasteiger partial charge is 0.235 e. The van der Waals surface area contributed by atoms with Crippen molar-refractivity contribution in [1.29, 1.82) is 0 Å². The molecule has 1 saturated heterocycles. The molecule has 3 rings (SSSR count). The van der Waals surface area contributed by atoms with Gasteiger partial charge in [-0.15, -0.1) is 11.8 Å². The highest BCUT2D eigenvalue weighted by Crippen LogP contribution is 2.26. The van der Waals surface area contributed by atoms with E-state index < -0.39 is 0 Å². The van der Waals surface area contributed by atoms with E-state index in [0.717, 1.165) is 23.5 Å². The Hall–Kier alpha value is -2.47. The van der Waals surface area contributed by atoms with E-state index in [2.05, 4.69) is 12.1 Å². The number of benzene rings is 2. The summed E-state index contributed by atoms with van der Waals surface area (Å²) in [4.78, 5) is 30.1. The first-order valence-electron chi connectivity index (χ1n) is 10.5. The third-order valence-electron chi connectivity index (χ3n) is 5.36. The summed E-state index contributed by atoms with van der Waals surface area (Å²) in [5.74, 6) is 1.13. The molecular formula is C24H30N2O3S. The fourth-order valence-electron chi connectivity index (χ4n) is 3.59. The summed E-state index contributed by atoms with van der Waals surface area (Å²) in [7, 11) is 1.64. The van der Waals surface area contributed by atoms with Crippen LogP contribution in [0.2, 0.25) is 0 Å². The maximum absolute atomic E-state index is 12.8. The molecule has 0 saturated carbocycles. The maximum Gasteiger partial charge on any atom is 0.235 e. The average molecular weight is 427 g/mol. The molecule has 2 amide bonds. The molecule has 0 bridgehead atoms. The zero-order valence-electron chi connectivity index (χ0n) is 17.8. The summed E-state index contributed by atoms with van der Waals surface area (Å²) in [5.41, 5.74) is 1.27. The number of nitrogens with zero attached hydrogens (tertiary/aromatic N) is 2. The van der Waals surface area contributed by atoms with Gasteiger partial charge in [0.05, 0.1) is 12.4 Å². The minimum Gasteiger partial charge on any atom is -0.497 e. The molecule has 160 valence electrons. The first kappa shape index (κ1) is 22.2. The zero-order chi connectivity index (χ0) is 21.3. The summed E-state index contributed by atoms with van der Waals surface area (Å²) < 4.78 is 5.18. The van der Waals surface area contributed by atoms with Crippen LogP contribution in [-0.4, -0.2) is 60.2 Å². The Balaban J connectivity index is 1.40. The van der Waals surface area contributed by atoms with E-state index in [-0.39, 0.29) is 17.1 Å². The second-order valence-electron chi connectivity index (χ2n) is 7.48. The average Bonchev–Trinajstić information content (AvgIpc) is 2.79. The highest BCUT2D eigenvalue weighted by molar-refractivity contribution is 8.00. The van der Waals surface area contributed by atoms with E-state index in [4.69, 9.17) is 4.74 Å². The monoisotopic (exact) mass is 426 g/mol. The van der Waals surface area contributed by atoms with Gasteiger partial charge in [0.2, 0.25) is 11.8 Å². The lowest BCUT2D eigenvalue weighted by atomic mass is 10.1. The van der Waals surface area contributed by atoms with Crippen molar-refractivity contribution in [2.75, 3.05) is 33.3 Å². The van der Waals surface area contributed by atoms with Crippen molar-refractivity contribution >= 4 is 23.6 Å². The van der Waals surface area contributed by atoms with E-state index in [1.807, 2.05) is 59.2 Å². The Morgan fingerprint density at radius 2 is 1.60 bits per heavy atom. The van der Waals surface area contributed by atoms with Crippen LogP contribution in [0.5, 0.6) is 5.75 Å². The molecule has 2 aromatic rings. The van der Waals surface area contributed by atoms with Gasteiger partial charge in [0.25, 0.3) is 0 Å². The fraction of sp³-hybridized carbons (Fsp3) is 0.417. The molecule has 5 nitrogen and oxygen atoms in total. The predicted octanol–water partition coefficient (Wildman–Crippen LogP) is 3.87. The number of hydrogen-bond acceptors (Lipinski definition) is 4. The first-order chi connectivity index (χ1) is 14.6. The second kappa shape index (κ2) is 11.1. The summed E-state index contributed by atoms with van der Waals surface area (Å²) in [6.07, 6.45) is 2.34. The number of carbonyl (C=O) groups excluding carboxylic acids is 2. The van der Waals surface area contributed by atoms with Gasteiger partial charge in [-0.2, -0.15) is 0 Å². The summed E-state index contributed by atoms with van der Waals surface area (Å²) in [6, 6.07) is 18.0. The van der Waals surface area contributed by atoms with Crippen molar-refractivity contribution in [1.82, 2.24) is 9.80 Å². The van der Waals surface area contributed by atoms with Crippen molar-refractivity contribution in [3.05, 3.63) is 60.2 Å². The van der Waals surface area contributed by atoms with Crippen molar-refractivity contribution in [3.63, 3.8) is 0 Å². The van der Waals surface area contributed by atoms with Gasteiger partial charge in [-0.05, 0) is 49.6 Å². The van der Waals surface area contributed by atoms with Crippen LogP contribution in [0.4, 0.5) is 0 Å². The molecule has 0 spiro atoms. The van der Waals surface area contributed by atoms with Crippen LogP contribution in [0, 0.1) is 0 Å². The highest BCUT2D eigenvalue weighted by Gasteiger charge is 2.27. The SMILES string of the molecule is COc1ccc(SC(C)C(=O)N2CCN(C(=O)CCCc3ccccc3)CC2)cc1. The van der Waals surface area contributed by atoms with E-state index in [9.17, 15) is 9.59 Å². The van der Waals surface area contributed by atoms with Crippen LogP contribution in [0.15, 0.2) is 59.5 Å². The van der Waals surface area contributed by atoms with Crippen molar-refractivity contribution in [2.45, 2.75) is 36.3 Å². The molecular weight excluding hydrogens is 396 g/mol. The molecule has 1 aliphatic heterocycles. The molecule has 1 aliphatic rings. The van der Waals surface area contributed by atoms with Gasteiger partial charge < -0.3 is 14.5 Å². The van der Waals surface area contributed by atoms with Gasteiger partial charge in [0, 0.05) is 37.5 Å². The van der Waals surface area contributed by atoms with Crippen LogP contribution in [-0.2, 0) is 16.0 Å². The highest BCUT2D eigenvalue weighted by atomic mass is 32.2. The Bertz CT molecular complexity index is 818. The third-order valence-corrected chi connectivity index (χ3v) is 6.46. The number of thioether (sulfide) groups is 1. The number of methoxy groups -OCH3 is 1. The number of aryl methyl sites for hydroxylation is 1. The number of rotatable bonds is 8. The molecule has 0 radical (unpaired) electrons. The maximum atomic E-state index is 12.8. The lowest BCUT2D eigenvalue weighted by Crippen LogP contribution is -2.52. The molecule has 2 aromatic carbocycles. The Labute approximate surface area is 183 Å². The number of piperazine rings is 1. The first-order valence-corrected chi connectivity index (χ1v) is 11.4. The molecule has 0 N–H and O–H groups in total. The lowest BCUT2D eigenvalue weighted by Gasteiger charge is -2.36. The van der Waals surface area contributed by atoms with Crippen molar-refractivity contribution < 1.29 is 14.3 Å². The van der Waals surface area contributed by atoms with E-state index in [1.165, 1.54) is 5.56 Å². The van der Waals surface area contributed by atoms with Crippen LogP contribution in [0.1, 0.15) is 25.3 Å². The third kappa shape index (κ3) is 6.26. The number of hydrogen-bond donors (Lipinski definition) is 0. The summed E-state index contributed by atoms with van der Waals surface area (Å²) >= 11 is 1.55. The number of carbonyl (C=O) groups is 2. The molecule has 6 heteroatoms. The molecule has 0 aliphatic carbocycles. The normalized spacial score (nSPS) is 15.0. The minimum atomic E-state index is -0.161. The number of amides is 2. The van der Waals surface area contributed by atoms with Gasteiger partial charge in [-0.3, -0.25) is 9.59 Å². The standard InChI is InChI=1S/C24H30N2O3S/c1-19(30-22-13-11-21(29-2)12-14-22)24(28)26-17-15-25(16-18-26)23(27)10-6-9-20-7-4-3-5-8-20/h3-5,7-8,11-14,19H,6,9-10,15-18H2,1-2H3. The Morgan fingerprint density at radius 1 is 0.967 bits per heavy atom. The summed E-state index contributed by atoms with van der Waals surface area (Å²) in [6.45, 7) is 4.40. The second-order valence-corrected chi connectivity index (χ2v) is 8.90. The molecule has 30 heavy (non-hydrogen) atoms. The van der Waals surface area contributed by atoms with E-state index in [0.29, 0.717) is 32.6 Å². The van der Waals surface area contributed by atoms with Crippen LogP contribution < -0.4 is 4.74 Å². The van der Waals surface area contributed by atoms with Gasteiger partial charge in [-0.1, -0.05) is 30.3 Å². The van der Waals surface area contributed by atoms with Crippen molar-refractivity contribution in [2.24, 2.45) is 0 Å². The molecule has 0 aromatic heterocycles. The van der Waals surface area contributed by atoms with Crippen LogP contribution in [0.3, 0.4) is 0 Å². The van der Waals surface area contributed by atoms with E-state index in [1.54, 1.807) is 18.9 Å². The summed E-state index contributed by atoms with van der Waals surface area (Å²) in [5, 5.41) is -0.161. The van der Waals surface area contributed by atoms with Gasteiger partial charge in [-0.25, -0.2) is 0 Å². The Morgan fingerprint density at radius 3 is 2.23 bits per heavy atom. The zero-order valence-corrected chi connectivity index (χ0v) is 18.6. The minimum absolute atomic E-state index is 0.131. The van der Waals surface area contributed by atoms with Crippen molar-refractivity contribution in [3.8, 4) is 5.75 Å². The largest absolute Gasteiger partial charge is 0.497 e. The van der Waals surface area contributed by atoms with Crippen LogP contribution in [0.25, 0.3) is 0 Å². The molecule has 1 atom stereocenters. The van der Waals surface area contributed by atoms with E-state index >= 15 is 0 Å². The van der Waals surface area contributed by atoms with Crippen LogP contribution >= 0.6 is 11.8 Å². The molecule has 1 heterocycles. The quantitative estimate of drug-likeness (QED) is 0.602. The molecule has 1 unspecified atom stereocenters. The van der Waals surface area contributed by atoms with Gasteiger partial charge >= 0.3 is 0 Å². The van der Waals surface area contributed by atoms with Gasteiger partial charge in [0.1, 0.15) is 5.75 Å².